The summed E-state index contributed by atoms with van der Waals surface area (Å²) in [5.74, 6) is 1.75. The van der Waals surface area contributed by atoms with Crippen LogP contribution in [-0.4, -0.2) is 36.1 Å². The van der Waals surface area contributed by atoms with E-state index in [0.29, 0.717) is 5.95 Å². The van der Waals surface area contributed by atoms with Gasteiger partial charge in [0.2, 0.25) is 5.95 Å². The molecule has 0 spiro atoms. The summed E-state index contributed by atoms with van der Waals surface area (Å²) in [6.45, 7) is 6.59. The van der Waals surface area contributed by atoms with Crippen molar-refractivity contribution in [3.05, 3.63) is 36.0 Å². The van der Waals surface area contributed by atoms with Crippen LogP contribution < -0.4 is 15.1 Å². The predicted molar refractivity (Wildman–Crippen MR) is 113 cm³/mol. The Labute approximate surface area is 162 Å². The van der Waals surface area contributed by atoms with Gasteiger partial charge in [0.15, 0.2) is 0 Å². The molecular weight excluding hydrogens is 334 g/mol. The quantitative estimate of drug-likeness (QED) is 0.835. The maximum atomic E-state index is 4.80. The van der Waals surface area contributed by atoms with Gasteiger partial charge in [-0.25, -0.2) is 4.98 Å². The second kappa shape index (κ2) is 8.59. The lowest BCUT2D eigenvalue weighted by molar-refractivity contribution is 0.578. The number of benzene rings is 1. The number of nitrogens with zero attached hydrogens (tertiary/aromatic N) is 4. The molecule has 0 radical (unpaired) electrons. The van der Waals surface area contributed by atoms with Gasteiger partial charge in [0.25, 0.3) is 0 Å². The smallest absolute Gasteiger partial charge is 0.229 e. The molecule has 2 aliphatic rings. The zero-order valence-corrected chi connectivity index (χ0v) is 16.5. The summed E-state index contributed by atoms with van der Waals surface area (Å²) in [7, 11) is 0. The Balaban J connectivity index is 1.47. The third kappa shape index (κ3) is 4.71. The van der Waals surface area contributed by atoms with Crippen molar-refractivity contribution in [1.82, 2.24) is 9.97 Å². The van der Waals surface area contributed by atoms with Crippen LogP contribution in [0.5, 0.6) is 0 Å². The van der Waals surface area contributed by atoms with Gasteiger partial charge in [-0.05, 0) is 63.3 Å². The summed E-state index contributed by atoms with van der Waals surface area (Å²) < 4.78 is 0. The van der Waals surface area contributed by atoms with E-state index in [2.05, 4.69) is 50.4 Å². The highest BCUT2D eigenvalue weighted by Gasteiger charge is 2.14. The fraction of sp³-hybridized carbons (Fsp3) is 0.545. The third-order valence-corrected chi connectivity index (χ3v) is 5.62. The fourth-order valence-corrected chi connectivity index (χ4v) is 4.11. The van der Waals surface area contributed by atoms with Crippen molar-refractivity contribution in [2.75, 3.05) is 41.3 Å². The summed E-state index contributed by atoms with van der Waals surface area (Å²) in [6, 6.07) is 10.8. The molecule has 5 heteroatoms. The number of hydrogen-bond donors (Lipinski definition) is 1. The predicted octanol–water partition coefficient (Wildman–Crippen LogP) is 4.90. The van der Waals surface area contributed by atoms with Gasteiger partial charge in [-0.1, -0.05) is 12.8 Å². The lowest BCUT2D eigenvalue weighted by atomic mass is 10.1. The number of aryl methyl sites for hydroxylation is 1. The highest BCUT2D eigenvalue weighted by molar-refractivity contribution is 5.60. The molecule has 0 saturated carbocycles. The van der Waals surface area contributed by atoms with Crippen molar-refractivity contribution < 1.29 is 0 Å². The molecule has 144 valence electrons. The van der Waals surface area contributed by atoms with Gasteiger partial charge in [0.1, 0.15) is 5.82 Å². The molecule has 1 aromatic heterocycles. The van der Waals surface area contributed by atoms with Crippen LogP contribution in [-0.2, 0) is 0 Å². The molecule has 0 aliphatic carbocycles. The second-order valence-electron chi connectivity index (χ2n) is 7.81. The largest absolute Gasteiger partial charge is 0.372 e. The van der Waals surface area contributed by atoms with Crippen LogP contribution in [0.1, 0.15) is 50.6 Å². The van der Waals surface area contributed by atoms with E-state index in [4.69, 9.17) is 4.98 Å². The standard InChI is InChI=1S/C22H31N5/c1-18-17-21(27-15-5-2-3-6-16-27)25-22(23-18)24-19-9-11-20(12-10-19)26-13-7-4-8-14-26/h9-12,17H,2-8,13-16H2,1H3,(H,23,24,25). The first-order valence-corrected chi connectivity index (χ1v) is 10.5. The van der Waals surface area contributed by atoms with E-state index in [9.17, 15) is 0 Å². The molecule has 3 heterocycles. The van der Waals surface area contributed by atoms with Gasteiger partial charge in [0.05, 0.1) is 0 Å². The Morgan fingerprint density at radius 1 is 0.741 bits per heavy atom. The van der Waals surface area contributed by atoms with Crippen molar-refractivity contribution in [3.8, 4) is 0 Å². The van der Waals surface area contributed by atoms with Crippen molar-refractivity contribution in [2.45, 2.75) is 51.9 Å². The molecule has 2 aromatic rings. The van der Waals surface area contributed by atoms with Crippen molar-refractivity contribution in [1.29, 1.82) is 0 Å². The van der Waals surface area contributed by atoms with Gasteiger partial charge in [-0.15, -0.1) is 0 Å². The molecule has 0 atom stereocenters. The molecule has 0 amide bonds. The van der Waals surface area contributed by atoms with Crippen molar-refractivity contribution >= 4 is 23.1 Å². The van der Waals surface area contributed by atoms with E-state index in [-0.39, 0.29) is 0 Å². The maximum Gasteiger partial charge on any atom is 0.229 e. The molecular formula is C22H31N5. The SMILES string of the molecule is Cc1cc(N2CCCCCC2)nc(Nc2ccc(N3CCCCC3)cc2)n1. The monoisotopic (exact) mass is 365 g/mol. The molecule has 1 aromatic carbocycles. The van der Waals surface area contributed by atoms with E-state index >= 15 is 0 Å². The van der Waals surface area contributed by atoms with E-state index in [1.807, 2.05) is 6.92 Å². The van der Waals surface area contributed by atoms with Gasteiger partial charge in [0, 0.05) is 49.3 Å². The van der Waals surface area contributed by atoms with Gasteiger partial charge in [-0.3, -0.25) is 0 Å². The number of nitrogens with one attached hydrogen (secondary N) is 1. The zero-order valence-electron chi connectivity index (χ0n) is 16.5. The molecule has 4 rings (SSSR count). The highest BCUT2D eigenvalue weighted by atomic mass is 15.2. The number of hydrogen-bond acceptors (Lipinski definition) is 5. The van der Waals surface area contributed by atoms with E-state index in [1.54, 1.807) is 0 Å². The lowest BCUT2D eigenvalue weighted by Gasteiger charge is -2.28. The molecule has 27 heavy (non-hydrogen) atoms. The third-order valence-electron chi connectivity index (χ3n) is 5.62. The van der Waals surface area contributed by atoms with Gasteiger partial charge >= 0.3 is 0 Å². The molecule has 5 nitrogen and oxygen atoms in total. The minimum Gasteiger partial charge on any atom is -0.372 e. The molecule has 2 fully saturated rings. The topological polar surface area (TPSA) is 44.3 Å². The van der Waals surface area contributed by atoms with E-state index in [1.165, 1.54) is 63.7 Å². The van der Waals surface area contributed by atoms with Crippen LogP contribution >= 0.6 is 0 Å². The van der Waals surface area contributed by atoms with E-state index in [0.717, 1.165) is 30.3 Å². The van der Waals surface area contributed by atoms with Gasteiger partial charge in [-0.2, -0.15) is 4.98 Å². The molecule has 2 aliphatic heterocycles. The minimum absolute atomic E-state index is 0.694. The van der Waals surface area contributed by atoms with Crippen LogP contribution in [0, 0.1) is 6.92 Å². The minimum atomic E-state index is 0.694. The van der Waals surface area contributed by atoms with Gasteiger partial charge < -0.3 is 15.1 Å². The Morgan fingerprint density at radius 3 is 2.00 bits per heavy atom. The van der Waals surface area contributed by atoms with Crippen molar-refractivity contribution in [2.24, 2.45) is 0 Å². The Morgan fingerprint density at radius 2 is 1.33 bits per heavy atom. The molecule has 2 saturated heterocycles. The zero-order chi connectivity index (χ0) is 18.5. The summed E-state index contributed by atoms with van der Waals surface area (Å²) in [6.07, 6.45) is 9.13. The summed E-state index contributed by atoms with van der Waals surface area (Å²) in [5.41, 5.74) is 3.37. The summed E-state index contributed by atoms with van der Waals surface area (Å²) in [5, 5.41) is 3.40. The Kier molecular flexibility index (Phi) is 5.75. The molecule has 0 bridgehead atoms. The Bertz CT molecular complexity index is 729. The first kappa shape index (κ1) is 18.1. The second-order valence-corrected chi connectivity index (χ2v) is 7.81. The average Bonchev–Trinajstić information content (AvgIpc) is 2.98. The Hall–Kier alpha value is -2.30. The first-order valence-electron chi connectivity index (χ1n) is 10.5. The number of aromatic nitrogens is 2. The highest BCUT2D eigenvalue weighted by Crippen LogP contribution is 2.24. The van der Waals surface area contributed by atoms with Crippen molar-refractivity contribution in [3.63, 3.8) is 0 Å². The average molecular weight is 366 g/mol. The maximum absolute atomic E-state index is 4.80. The van der Waals surface area contributed by atoms with Crippen LogP contribution in [0.15, 0.2) is 30.3 Å². The fourth-order valence-electron chi connectivity index (χ4n) is 4.11. The van der Waals surface area contributed by atoms with Crippen LogP contribution in [0.3, 0.4) is 0 Å². The molecule has 0 unspecified atom stereocenters. The first-order chi connectivity index (χ1) is 13.3. The number of rotatable bonds is 4. The molecule has 1 N–H and O–H groups in total. The van der Waals surface area contributed by atoms with Crippen LogP contribution in [0.2, 0.25) is 0 Å². The number of piperidine rings is 1. The summed E-state index contributed by atoms with van der Waals surface area (Å²) in [4.78, 5) is 14.3. The van der Waals surface area contributed by atoms with Crippen LogP contribution in [0.25, 0.3) is 0 Å². The summed E-state index contributed by atoms with van der Waals surface area (Å²) >= 11 is 0. The normalized spacial score (nSPS) is 18.3. The lowest BCUT2D eigenvalue weighted by Crippen LogP contribution is -2.29. The number of anilines is 4. The van der Waals surface area contributed by atoms with E-state index < -0.39 is 0 Å². The van der Waals surface area contributed by atoms with Crippen LogP contribution in [0.4, 0.5) is 23.1 Å².